The number of carbonyl (C=O) groups is 1. The maximum absolute atomic E-state index is 12.4. The van der Waals surface area contributed by atoms with Crippen LogP contribution in [0.3, 0.4) is 0 Å². The third-order valence-corrected chi connectivity index (χ3v) is 5.18. The van der Waals surface area contributed by atoms with Gasteiger partial charge >= 0.3 is 0 Å². The zero-order valence-electron chi connectivity index (χ0n) is 15.9. The number of amides is 1. The molecule has 11 nitrogen and oxygen atoms in total. The van der Waals surface area contributed by atoms with Gasteiger partial charge in [-0.15, -0.1) is 0 Å². The van der Waals surface area contributed by atoms with Gasteiger partial charge in [-0.3, -0.25) is 20.0 Å². The number of benzene rings is 2. The third-order valence-electron chi connectivity index (χ3n) is 4.09. The Labute approximate surface area is 171 Å². The van der Waals surface area contributed by atoms with Crippen molar-refractivity contribution in [2.75, 3.05) is 13.4 Å². The minimum atomic E-state index is -3.74. The zero-order chi connectivity index (χ0) is 21.9. The van der Waals surface area contributed by atoms with Crippen LogP contribution in [0.2, 0.25) is 0 Å². The first-order valence-electron chi connectivity index (χ1n) is 8.51. The van der Waals surface area contributed by atoms with E-state index in [-0.39, 0.29) is 17.0 Å². The predicted molar refractivity (Wildman–Crippen MR) is 106 cm³/mol. The molecular formula is C18H17N5O6S. The molecule has 0 aliphatic heterocycles. The molecule has 3 aromatic rings. The number of aromatic nitrogens is 3. The number of nitrogens with one attached hydrogen (secondary N) is 2. The fourth-order valence-corrected chi connectivity index (χ4v) is 3.22. The summed E-state index contributed by atoms with van der Waals surface area (Å²) in [7, 11) is -2.18. The molecular weight excluding hydrogens is 414 g/mol. The molecule has 1 amide bonds. The molecule has 0 spiro atoms. The van der Waals surface area contributed by atoms with Crippen LogP contribution in [0.5, 0.6) is 5.75 Å². The summed E-state index contributed by atoms with van der Waals surface area (Å²) in [4.78, 5) is 26.7. The number of nitrogens with zero attached hydrogens (tertiary/aromatic N) is 3. The molecule has 0 aliphatic rings. The molecule has 1 heterocycles. The number of rotatable bonds is 7. The number of H-pyrrole nitrogens is 1. The van der Waals surface area contributed by atoms with Gasteiger partial charge in [-0.2, -0.15) is 5.10 Å². The van der Waals surface area contributed by atoms with Gasteiger partial charge in [-0.25, -0.2) is 13.4 Å². The lowest BCUT2D eigenvalue weighted by Crippen LogP contribution is -2.23. The minimum Gasteiger partial charge on any atom is -0.497 e. The maximum atomic E-state index is 12.4. The Kier molecular flexibility index (Phi) is 5.78. The summed E-state index contributed by atoms with van der Waals surface area (Å²) in [6.45, 7) is -0.0428. The minimum absolute atomic E-state index is 0.0428. The lowest BCUT2D eigenvalue weighted by atomic mass is 10.2. The molecule has 0 atom stereocenters. The van der Waals surface area contributed by atoms with Gasteiger partial charge in [0.2, 0.25) is 0 Å². The van der Waals surface area contributed by atoms with Crippen molar-refractivity contribution in [3.63, 3.8) is 0 Å². The van der Waals surface area contributed by atoms with Gasteiger partial charge < -0.3 is 10.1 Å². The van der Waals surface area contributed by atoms with Crippen molar-refractivity contribution < 1.29 is 22.9 Å². The molecule has 0 bridgehead atoms. The predicted octanol–water partition coefficient (Wildman–Crippen LogP) is 1.72. The number of sulfone groups is 1. The fraction of sp³-hybridized carbons (Fsp3) is 0.167. The molecule has 0 radical (unpaired) electrons. The second-order valence-electron chi connectivity index (χ2n) is 6.26. The standard InChI is InChI=1S/C18H17N5O6S/c1-29-14-5-3-11(4-6-14)17-20-16(21-22-17)10-19-18(24)12-7-13(23(25)26)9-15(8-12)30(2,27)28/h3-9H,10H2,1-2H3,(H,19,24)(H,20,21,22). The third kappa shape index (κ3) is 4.78. The topological polar surface area (TPSA) is 157 Å². The van der Waals surface area contributed by atoms with Crippen molar-refractivity contribution >= 4 is 21.4 Å². The number of aromatic amines is 1. The average Bonchev–Trinajstić information content (AvgIpc) is 3.20. The summed E-state index contributed by atoms with van der Waals surface area (Å²) < 4.78 is 28.6. The molecule has 1 aromatic heterocycles. The number of non-ortho nitro benzene ring substituents is 1. The van der Waals surface area contributed by atoms with E-state index in [1.54, 1.807) is 31.4 Å². The van der Waals surface area contributed by atoms with Crippen LogP contribution in [0, 0.1) is 10.1 Å². The highest BCUT2D eigenvalue weighted by molar-refractivity contribution is 7.90. The molecule has 0 aliphatic carbocycles. The Balaban J connectivity index is 1.75. The van der Waals surface area contributed by atoms with Gasteiger partial charge in [-0.1, -0.05) is 0 Å². The van der Waals surface area contributed by atoms with Crippen molar-refractivity contribution in [3.8, 4) is 17.1 Å². The summed E-state index contributed by atoms with van der Waals surface area (Å²) in [6, 6.07) is 10.1. The summed E-state index contributed by atoms with van der Waals surface area (Å²) in [5.74, 6) is 0.762. The van der Waals surface area contributed by atoms with E-state index in [0.29, 0.717) is 17.4 Å². The highest BCUT2D eigenvalue weighted by Crippen LogP contribution is 2.21. The van der Waals surface area contributed by atoms with Crippen LogP contribution in [-0.2, 0) is 16.4 Å². The summed E-state index contributed by atoms with van der Waals surface area (Å²) in [5, 5.41) is 20.4. The SMILES string of the molecule is COc1ccc(-c2n[nH]c(CNC(=O)c3cc([N+](=O)[O-])cc(S(C)(=O)=O)c3)n2)cc1. The highest BCUT2D eigenvalue weighted by atomic mass is 32.2. The van der Waals surface area contributed by atoms with Crippen molar-refractivity contribution in [3.05, 3.63) is 64.0 Å². The van der Waals surface area contributed by atoms with Gasteiger partial charge in [0.25, 0.3) is 11.6 Å². The molecule has 2 N–H and O–H groups in total. The van der Waals surface area contributed by atoms with Gasteiger partial charge in [0.1, 0.15) is 11.6 Å². The van der Waals surface area contributed by atoms with Crippen molar-refractivity contribution in [1.82, 2.24) is 20.5 Å². The van der Waals surface area contributed by atoms with E-state index in [9.17, 15) is 23.3 Å². The van der Waals surface area contributed by atoms with Gasteiger partial charge in [0.05, 0.1) is 23.5 Å². The van der Waals surface area contributed by atoms with E-state index in [0.717, 1.165) is 30.0 Å². The molecule has 0 saturated carbocycles. The molecule has 12 heteroatoms. The number of ether oxygens (including phenoxy) is 1. The van der Waals surface area contributed by atoms with Crippen LogP contribution in [0.1, 0.15) is 16.2 Å². The van der Waals surface area contributed by atoms with Crippen molar-refractivity contribution in [2.45, 2.75) is 11.4 Å². The Morgan fingerprint density at radius 1 is 1.23 bits per heavy atom. The number of nitro benzene ring substituents is 1. The lowest BCUT2D eigenvalue weighted by molar-refractivity contribution is -0.385. The van der Waals surface area contributed by atoms with Crippen LogP contribution in [0.15, 0.2) is 47.4 Å². The average molecular weight is 431 g/mol. The number of nitro groups is 1. The second kappa shape index (κ2) is 8.29. The van der Waals surface area contributed by atoms with Crippen LogP contribution in [0.4, 0.5) is 5.69 Å². The Bertz CT molecular complexity index is 1200. The largest absolute Gasteiger partial charge is 0.497 e. The Morgan fingerprint density at radius 2 is 1.93 bits per heavy atom. The Hall–Kier alpha value is -3.80. The van der Waals surface area contributed by atoms with E-state index in [4.69, 9.17) is 4.74 Å². The molecule has 3 rings (SSSR count). The quantitative estimate of drug-likeness (QED) is 0.423. The highest BCUT2D eigenvalue weighted by Gasteiger charge is 2.19. The monoisotopic (exact) mass is 431 g/mol. The first-order valence-corrected chi connectivity index (χ1v) is 10.4. The van der Waals surface area contributed by atoms with Gasteiger partial charge in [-0.05, 0) is 30.3 Å². The fourth-order valence-electron chi connectivity index (χ4n) is 2.54. The number of carbonyl (C=O) groups excluding carboxylic acids is 1. The van der Waals surface area contributed by atoms with Crippen LogP contribution in [-0.4, -0.2) is 47.8 Å². The first-order chi connectivity index (χ1) is 14.2. The van der Waals surface area contributed by atoms with E-state index >= 15 is 0 Å². The van der Waals surface area contributed by atoms with Crippen molar-refractivity contribution in [1.29, 1.82) is 0 Å². The molecule has 156 valence electrons. The van der Waals surface area contributed by atoms with E-state index < -0.39 is 26.4 Å². The number of hydrogen-bond acceptors (Lipinski definition) is 8. The molecule has 0 saturated heterocycles. The van der Waals surface area contributed by atoms with Crippen LogP contribution >= 0.6 is 0 Å². The van der Waals surface area contributed by atoms with Gasteiger partial charge in [0, 0.05) is 29.5 Å². The lowest BCUT2D eigenvalue weighted by Gasteiger charge is -2.06. The van der Waals surface area contributed by atoms with Crippen LogP contribution < -0.4 is 10.1 Å². The summed E-state index contributed by atoms with van der Waals surface area (Å²) in [5.41, 5.74) is 0.0881. The number of hydrogen-bond donors (Lipinski definition) is 2. The molecule has 0 fully saturated rings. The first kappa shape index (κ1) is 20.9. The van der Waals surface area contributed by atoms with E-state index in [1.807, 2.05) is 0 Å². The normalized spacial score (nSPS) is 11.1. The second-order valence-corrected chi connectivity index (χ2v) is 8.28. The van der Waals surface area contributed by atoms with Gasteiger partial charge in [0.15, 0.2) is 15.7 Å². The number of methoxy groups -OCH3 is 1. The Morgan fingerprint density at radius 3 is 2.53 bits per heavy atom. The smallest absolute Gasteiger partial charge is 0.271 e. The summed E-state index contributed by atoms with van der Waals surface area (Å²) in [6.07, 6.45) is 0.906. The zero-order valence-corrected chi connectivity index (χ0v) is 16.8. The molecule has 30 heavy (non-hydrogen) atoms. The summed E-state index contributed by atoms with van der Waals surface area (Å²) >= 11 is 0. The van der Waals surface area contributed by atoms with E-state index in [1.165, 1.54) is 0 Å². The molecule has 0 unspecified atom stereocenters. The van der Waals surface area contributed by atoms with E-state index in [2.05, 4.69) is 20.5 Å². The maximum Gasteiger partial charge on any atom is 0.271 e. The van der Waals surface area contributed by atoms with Crippen molar-refractivity contribution in [2.24, 2.45) is 0 Å². The van der Waals surface area contributed by atoms with Crippen LogP contribution in [0.25, 0.3) is 11.4 Å². The molecule has 2 aromatic carbocycles.